The van der Waals surface area contributed by atoms with Crippen molar-refractivity contribution in [2.75, 3.05) is 12.4 Å². The normalized spacial score (nSPS) is 18.2. The van der Waals surface area contributed by atoms with Gasteiger partial charge in [0, 0.05) is 18.8 Å². The number of hydrogen-bond acceptors (Lipinski definition) is 1. The maximum atomic E-state index is 11.5. The zero-order valence-electron chi connectivity index (χ0n) is 9.18. The monoisotopic (exact) mass is 229 g/mol. The number of rotatable bonds is 5. The van der Waals surface area contributed by atoms with Crippen LogP contribution in [0.4, 0.5) is 0 Å². The zero-order valence-corrected chi connectivity index (χ0v) is 9.93. The second-order valence-electron chi connectivity index (χ2n) is 4.14. The van der Waals surface area contributed by atoms with E-state index in [1.54, 1.807) is 0 Å². The average molecular weight is 230 g/mol. The molecule has 1 aliphatic carbocycles. The molecule has 0 saturated heterocycles. The first-order valence-electron chi connectivity index (χ1n) is 5.80. The SMILES string of the molecule is O=C(CC1CCCCC1)NC/C=C/CCl. The highest BCUT2D eigenvalue weighted by atomic mass is 35.5. The van der Waals surface area contributed by atoms with Gasteiger partial charge in [-0.15, -0.1) is 11.6 Å². The lowest BCUT2D eigenvalue weighted by atomic mass is 9.87. The summed E-state index contributed by atoms with van der Waals surface area (Å²) in [5, 5.41) is 2.88. The minimum absolute atomic E-state index is 0.182. The Morgan fingerprint density at radius 1 is 1.27 bits per heavy atom. The first kappa shape index (κ1) is 12.6. The number of nitrogens with one attached hydrogen (secondary N) is 1. The maximum Gasteiger partial charge on any atom is 0.220 e. The summed E-state index contributed by atoms with van der Waals surface area (Å²) in [6.45, 7) is 0.609. The van der Waals surface area contributed by atoms with Crippen LogP contribution < -0.4 is 5.32 Å². The van der Waals surface area contributed by atoms with Crippen LogP contribution in [-0.4, -0.2) is 18.3 Å². The summed E-state index contributed by atoms with van der Waals surface area (Å²) in [6, 6.07) is 0. The average Bonchev–Trinajstić information content (AvgIpc) is 2.26. The fourth-order valence-electron chi connectivity index (χ4n) is 2.04. The van der Waals surface area contributed by atoms with Gasteiger partial charge in [-0.2, -0.15) is 0 Å². The van der Waals surface area contributed by atoms with E-state index in [1.165, 1.54) is 32.1 Å². The number of amides is 1. The van der Waals surface area contributed by atoms with Gasteiger partial charge in [-0.25, -0.2) is 0 Å². The molecule has 1 fully saturated rings. The predicted octanol–water partition coefficient (Wildman–Crippen LogP) is 2.87. The van der Waals surface area contributed by atoms with Crippen LogP contribution in [0.3, 0.4) is 0 Å². The molecule has 0 spiro atoms. The number of allylic oxidation sites excluding steroid dienone is 1. The summed E-state index contributed by atoms with van der Waals surface area (Å²) in [5.74, 6) is 1.32. The summed E-state index contributed by atoms with van der Waals surface area (Å²) < 4.78 is 0. The number of halogens is 1. The van der Waals surface area contributed by atoms with Gasteiger partial charge in [0.1, 0.15) is 0 Å². The molecule has 0 aliphatic heterocycles. The number of carbonyl (C=O) groups is 1. The summed E-state index contributed by atoms with van der Waals surface area (Å²) >= 11 is 5.47. The molecule has 2 nitrogen and oxygen atoms in total. The largest absolute Gasteiger partial charge is 0.353 e. The molecule has 0 unspecified atom stereocenters. The molecular formula is C12H20ClNO. The molecule has 1 N–H and O–H groups in total. The van der Waals surface area contributed by atoms with Crippen LogP contribution in [0.5, 0.6) is 0 Å². The molecule has 0 radical (unpaired) electrons. The summed E-state index contributed by atoms with van der Waals surface area (Å²) in [4.78, 5) is 11.5. The van der Waals surface area contributed by atoms with E-state index in [9.17, 15) is 4.79 Å². The molecule has 0 atom stereocenters. The Labute approximate surface area is 97.1 Å². The maximum absolute atomic E-state index is 11.5. The highest BCUT2D eigenvalue weighted by molar-refractivity contribution is 6.18. The molecule has 0 aromatic heterocycles. The van der Waals surface area contributed by atoms with Crippen molar-refractivity contribution in [3.63, 3.8) is 0 Å². The van der Waals surface area contributed by atoms with Crippen molar-refractivity contribution in [2.45, 2.75) is 38.5 Å². The molecule has 1 aliphatic rings. The van der Waals surface area contributed by atoms with Gasteiger partial charge < -0.3 is 5.32 Å². The molecule has 0 heterocycles. The molecule has 0 aromatic rings. The van der Waals surface area contributed by atoms with Gasteiger partial charge >= 0.3 is 0 Å². The standard InChI is InChI=1S/C12H20ClNO/c13-8-4-5-9-14-12(15)10-11-6-2-1-3-7-11/h4-5,11H,1-3,6-10H2,(H,14,15)/b5-4+. The van der Waals surface area contributed by atoms with Crippen molar-refractivity contribution < 1.29 is 4.79 Å². The predicted molar refractivity (Wildman–Crippen MR) is 64.1 cm³/mol. The van der Waals surface area contributed by atoms with Crippen LogP contribution in [-0.2, 0) is 4.79 Å². The van der Waals surface area contributed by atoms with Crippen molar-refractivity contribution in [1.82, 2.24) is 5.32 Å². The molecule has 1 amide bonds. The molecule has 1 rings (SSSR count). The lowest BCUT2D eigenvalue weighted by Crippen LogP contribution is -2.26. The first-order chi connectivity index (χ1) is 7.33. The van der Waals surface area contributed by atoms with Crippen LogP contribution in [0, 0.1) is 5.92 Å². The van der Waals surface area contributed by atoms with Gasteiger partial charge in [-0.1, -0.05) is 31.4 Å². The van der Waals surface area contributed by atoms with Crippen LogP contribution in [0.2, 0.25) is 0 Å². The Morgan fingerprint density at radius 3 is 2.67 bits per heavy atom. The summed E-state index contributed by atoms with van der Waals surface area (Å²) in [5.41, 5.74) is 0. The minimum atomic E-state index is 0.182. The van der Waals surface area contributed by atoms with Gasteiger partial charge in [0.25, 0.3) is 0 Å². The van der Waals surface area contributed by atoms with Crippen molar-refractivity contribution in [3.05, 3.63) is 12.2 Å². The van der Waals surface area contributed by atoms with Gasteiger partial charge in [-0.05, 0) is 18.8 Å². The third-order valence-electron chi connectivity index (χ3n) is 2.87. The van der Waals surface area contributed by atoms with Gasteiger partial charge in [0.05, 0.1) is 0 Å². The molecule has 3 heteroatoms. The van der Waals surface area contributed by atoms with Crippen LogP contribution in [0.15, 0.2) is 12.2 Å². The smallest absolute Gasteiger partial charge is 0.220 e. The van der Waals surface area contributed by atoms with E-state index >= 15 is 0 Å². The van der Waals surface area contributed by atoms with Crippen LogP contribution >= 0.6 is 11.6 Å². The third kappa shape index (κ3) is 5.83. The Morgan fingerprint density at radius 2 is 2.00 bits per heavy atom. The van der Waals surface area contributed by atoms with E-state index < -0.39 is 0 Å². The Balaban J connectivity index is 2.09. The first-order valence-corrected chi connectivity index (χ1v) is 6.34. The van der Waals surface area contributed by atoms with Crippen molar-refractivity contribution in [3.8, 4) is 0 Å². The number of alkyl halides is 1. The van der Waals surface area contributed by atoms with Crippen molar-refractivity contribution in [2.24, 2.45) is 5.92 Å². The van der Waals surface area contributed by atoms with Crippen molar-refractivity contribution in [1.29, 1.82) is 0 Å². The van der Waals surface area contributed by atoms with Crippen LogP contribution in [0.25, 0.3) is 0 Å². The Kier molecular flexibility index (Phi) is 6.49. The number of carbonyl (C=O) groups excluding carboxylic acids is 1. The second-order valence-corrected chi connectivity index (χ2v) is 4.45. The van der Waals surface area contributed by atoms with E-state index in [0.29, 0.717) is 24.8 Å². The number of hydrogen-bond donors (Lipinski definition) is 1. The lowest BCUT2D eigenvalue weighted by molar-refractivity contribution is -0.122. The van der Waals surface area contributed by atoms with Crippen molar-refractivity contribution >= 4 is 17.5 Å². The van der Waals surface area contributed by atoms with E-state index in [2.05, 4.69) is 5.32 Å². The highest BCUT2D eigenvalue weighted by Crippen LogP contribution is 2.25. The fraction of sp³-hybridized carbons (Fsp3) is 0.750. The minimum Gasteiger partial charge on any atom is -0.353 e. The fourth-order valence-corrected chi connectivity index (χ4v) is 2.17. The highest BCUT2D eigenvalue weighted by Gasteiger charge is 2.16. The third-order valence-corrected chi connectivity index (χ3v) is 3.05. The molecule has 86 valence electrons. The molecule has 1 saturated carbocycles. The van der Waals surface area contributed by atoms with Gasteiger partial charge in [-0.3, -0.25) is 4.79 Å². The Hall–Kier alpha value is -0.500. The van der Waals surface area contributed by atoms with E-state index in [4.69, 9.17) is 11.6 Å². The quantitative estimate of drug-likeness (QED) is 0.570. The molecule has 0 bridgehead atoms. The zero-order chi connectivity index (χ0) is 10.9. The van der Waals surface area contributed by atoms with E-state index in [1.807, 2.05) is 12.2 Å². The second kappa shape index (κ2) is 7.75. The van der Waals surface area contributed by atoms with Crippen LogP contribution in [0.1, 0.15) is 38.5 Å². The van der Waals surface area contributed by atoms with Gasteiger partial charge in [0.2, 0.25) is 5.91 Å². The molecular weight excluding hydrogens is 210 g/mol. The molecule has 15 heavy (non-hydrogen) atoms. The molecule has 0 aromatic carbocycles. The lowest BCUT2D eigenvalue weighted by Gasteiger charge is -2.20. The topological polar surface area (TPSA) is 29.1 Å². The Bertz CT molecular complexity index is 210. The summed E-state index contributed by atoms with van der Waals surface area (Å²) in [6.07, 6.45) is 10.8. The van der Waals surface area contributed by atoms with Gasteiger partial charge in [0.15, 0.2) is 0 Å². The summed E-state index contributed by atoms with van der Waals surface area (Å²) in [7, 11) is 0. The van der Waals surface area contributed by atoms with E-state index in [-0.39, 0.29) is 5.91 Å². The van der Waals surface area contributed by atoms with E-state index in [0.717, 1.165) is 0 Å².